The van der Waals surface area contributed by atoms with Gasteiger partial charge in [-0.3, -0.25) is 0 Å². The van der Waals surface area contributed by atoms with E-state index in [9.17, 15) is 4.79 Å². The van der Waals surface area contributed by atoms with Crippen LogP contribution in [-0.4, -0.2) is 34.8 Å². The molecule has 0 fully saturated rings. The molecule has 0 bridgehead atoms. The van der Waals surface area contributed by atoms with Crippen LogP contribution in [0.3, 0.4) is 0 Å². The van der Waals surface area contributed by atoms with E-state index in [0.29, 0.717) is 28.9 Å². The Hall–Kier alpha value is -1.89. The van der Waals surface area contributed by atoms with Crippen LogP contribution in [0.1, 0.15) is 28.5 Å². The summed E-state index contributed by atoms with van der Waals surface area (Å²) in [6.07, 6.45) is 3.24. The lowest BCUT2D eigenvalue weighted by atomic mass is 10.0. The molecule has 1 heterocycles. The third kappa shape index (κ3) is 4.79. The van der Waals surface area contributed by atoms with Crippen molar-refractivity contribution in [1.82, 2.24) is 9.97 Å². The van der Waals surface area contributed by atoms with Gasteiger partial charge in [0, 0.05) is 13.7 Å². The van der Waals surface area contributed by atoms with Crippen molar-refractivity contribution in [2.45, 2.75) is 12.5 Å². The van der Waals surface area contributed by atoms with Crippen molar-refractivity contribution < 1.29 is 14.6 Å². The molecule has 1 aromatic heterocycles. The van der Waals surface area contributed by atoms with Gasteiger partial charge in [-0.2, -0.15) is 0 Å². The molecule has 1 atom stereocenters. The van der Waals surface area contributed by atoms with Gasteiger partial charge in [-0.05, 0) is 24.1 Å². The number of hydrogen-bond donors (Lipinski definition) is 2. The van der Waals surface area contributed by atoms with Crippen LogP contribution in [0.25, 0.3) is 0 Å². The number of aromatic carboxylic acids is 1. The molecule has 1 unspecified atom stereocenters. The molecule has 0 aliphatic rings. The van der Waals surface area contributed by atoms with Gasteiger partial charge in [-0.1, -0.05) is 29.3 Å². The van der Waals surface area contributed by atoms with E-state index in [2.05, 4.69) is 15.3 Å². The Morgan fingerprint density at radius 3 is 2.65 bits per heavy atom. The molecule has 8 heteroatoms. The van der Waals surface area contributed by atoms with Crippen molar-refractivity contribution in [2.24, 2.45) is 0 Å². The fraction of sp³-hybridized carbons (Fsp3) is 0.267. The number of rotatable bonds is 7. The lowest BCUT2D eigenvalue weighted by Crippen LogP contribution is -2.15. The average Bonchev–Trinajstić information content (AvgIpc) is 2.54. The Morgan fingerprint density at radius 2 is 2.09 bits per heavy atom. The van der Waals surface area contributed by atoms with Crippen molar-refractivity contribution in [3.63, 3.8) is 0 Å². The van der Waals surface area contributed by atoms with Gasteiger partial charge in [0.15, 0.2) is 5.69 Å². The van der Waals surface area contributed by atoms with Crippen LogP contribution in [0, 0.1) is 0 Å². The van der Waals surface area contributed by atoms with Crippen LogP contribution in [0.2, 0.25) is 10.0 Å². The molecule has 0 spiro atoms. The highest BCUT2D eigenvalue weighted by atomic mass is 35.5. The van der Waals surface area contributed by atoms with E-state index in [4.69, 9.17) is 33.0 Å². The van der Waals surface area contributed by atoms with Gasteiger partial charge >= 0.3 is 5.97 Å². The lowest BCUT2D eigenvalue weighted by molar-refractivity contribution is 0.0690. The van der Waals surface area contributed by atoms with E-state index in [1.165, 1.54) is 12.4 Å². The minimum absolute atomic E-state index is 0.112. The van der Waals surface area contributed by atoms with E-state index in [0.717, 1.165) is 5.56 Å². The molecule has 122 valence electrons. The van der Waals surface area contributed by atoms with Crippen molar-refractivity contribution in [2.75, 3.05) is 19.0 Å². The first-order valence-corrected chi connectivity index (χ1v) is 7.52. The second-order valence-electron chi connectivity index (χ2n) is 4.74. The molecule has 0 saturated carbocycles. The van der Waals surface area contributed by atoms with Crippen molar-refractivity contribution >= 4 is 35.0 Å². The Balaban J connectivity index is 2.20. The molecule has 0 saturated heterocycles. The van der Waals surface area contributed by atoms with Gasteiger partial charge in [0.05, 0.1) is 28.5 Å². The minimum Gasteiger partial charge on any atom is -0.476 e. The maximum atomic E-state index is 10.8. The van der Waals surface area contributed by atoms with Crippen LogP contribution in [-0.2, 0) is 4.74 Å². The average molecular weight is 356 g/mol. The standard InChI is InChI=1S/C15H15Cl2N3O3/c1-23-5-4-12(9-2-3-10(16)11(17)6-9)20-14-8-18-13(7-19-14)15(21)22/h2-3,6-8,12H,4-5H2,1H3,(H,19,20)(H,21,22). The summed E-state index contributed by atoms with van der Waals surface area (Å²) in [6.45, 7) is 0.526. The lowest BCUT2D eigenvalue weighted by Gasteiger charge is -2.20. The normalized spacial score (nSPS) is 12.0. The fourth-order valence-electron chi connectivity index (χ4n) is 1.98. The van der Waals surface area contributed by atoms with Crippen molar-refractivity contribution in [3.05, 3.63) is 51.9 Å². The Kier molecular flexibility index (Phi) is 6.15. The van der Waals surface area contributed by atoms with Crippen molar-refractivity contribution in [3.8, 4) is 0 Å². The van der Waals surface area contributed by atoms with E-state index < -0.39 is 5.97 Å². The number of carbonyl (C=O) groups is 1. The zero-order chi connectivity index (χ0) is 16.8. The van der Waals surface area contributed by atoms with Gasteiger partial charge in [-0.15, -0.1) is 0 Å². The summed E-state index contributed by atoms with van der Waals surface area (Å²) < 4.78 is 5.12. The first-order valence-electron chi connectivity index (χ1n) is 6.77. The van der Waals surface area contributed by atoms with Crippen molar-refractivity contribution in [1.29, 1.82) is 0 Å². The van der Waals surface area contributed by atoms with E-state index in [-0.39, 0.29) is 11.7 Å². The molecule has 2 N–H and O–H groups in total. The highest BCUT2D eigenvalue weighted by Crippen LogP contribution is 2.28. The number of carboxylic acid groups (broad SMARTS) is 1. The predicted molar refractivity (Wildman–Crippen MR) is 88.3 cm³/mol. The highest BCUT2D eigenvalue weighted by Gasteiger charge is 2.14. The molecular formula is C15H15Cl2N3O3. The van der Waals surface area contributed by atoms with E-state index in [1.54, 1.807) is 19.2 Å². The van der Waals surface area contributed by atoms with Crippen LogP contribution < -0.4 is 5.32 Å². The fourth-order valence-corrected chi connectivity index (χ4v) is 2.29. The quantitative estimate of drug-likeness (QED) is 0.788. The Labute approximate surface area is 143 Å². The van der Waals surface area contributed by atoms with Crippen LogP contribution in [0.5, 0.6) is 0 Å². The van der Waals surface area contributed by atoms with E-state index in [1.807, 2.05) is 6.07 Å². The number of hydrogen-bond acceptors (Lipinski definition) is 5. The summed E-state index contributed by atoms with van der Waals surface area (Å²) >= 11 is 12.0. The third-order valence-electron chi connectivity index (χ3n) is 3.15. The Bertz CT molecular complexity index is 680. The largest absolute Gasteiger partial charge is 0.476 e. The van der Waals surface area contributed by atoms with Gasteiger partial charge in [0.2, 0.25) is 0 Å². The molecule has 2 rings (SSSR count). The van der Waals surface area contributed by atoms with Gasteiger partial charge < -0.3 is 15.2 Å². The highest BCUT2D eigenvalue weighted by molar-refractivity contribution is 6.42. The molecule has 6 nitrogen and oxygen atoms in total. The van der Waals surface area contributed by atoms with Crippen LogP contribution in [0.15, 0.2) is 30.6 Å². The number of halogens is 2. The maximum Gasteiger partial charge on any atom is 0.356 e. The van der Waals surface area contributed by atoms with Gasteiger partial charge in [0.1, 0.15) is 5.82 Å². The zero-order valence-electron chi connectivity index (χ0n) is 12.3. The maximum absolute atomic E-state index is 10.8. The molecule has 23 heavy (non-hydrogen) atoms. The zero-order valence-corrected chi connectivity index (χ0v) is 13.8. The summed E-state index contributed by atoms with van der Waals surface area (Å²) in [5, 5.41) is 13.0. The summed E-state index contributed by atoms with van der Waals surface area (Å²) in [5.74, 6) is -0.661. The molecule has 0 aliphatic carbocycles. The second-order valence-corrected chi connectivity index (χ2v) is 5.56. The first kappa shape index (κ1) is 17.5. The molecule has 2 aromatic rings. The predicted octanol–water partition coefficient (Wildman–Crippen LogP) is 3.67. The monoisotopic (exact) mass is 355 g/mol. The summed E-state index contributed by atoms with van der Waals surface area (Å²) in [6, 6.07) is 5.23. The summed E-state index contributed by atoms with van der Waals surface area (Å²) in [5.41, 5.74) is 0.805. The summed E-state index contributed by atoms with van der Waals surface area (Å²) in [7, 11) is 1.62. The number of anilines is 1. The van der Waals surface area contributed by atoms with Crippen LogP contribution >= 0.6 is 23.2 Å². The minimum atomic E-state index is -1.12. The topological polar surface area (TPSA) is 84.3 Å². The van der Waals surface area contributed by atoms with E-state index >= 15 is 0 Å². The SMILES string of the molecule is COCCC(Nc1cnc(C(=O)O)cn1)c1ccc(Cl)c(Cl)c1. The third-order valence-corrected chi connectivity index (χ3v) is 3.89. The van der Waals surface area contributed by atoms with Gasteiger partial charge in [0.25, 0.3) is 0 Å². The number of nitrogens with one attached hydrogen (secondary N) is 1. The number of benzene rings is 1. The molecule has 1 aromatic carbocycles. The molecule has 0 aliphatic heterocycles. The number of carboxylic acids is 1. The summed E-state index contributed by atoms with van der Waals surface area (Å²) in [4.78, 5) is 18.7. The number of nitrogens with zero attached hydrogens (tertiary/aromatic N) is 2. The number of ether oxygens (including phenoxy) is 1. The smallest absolute Gasteiger partial charge is 0.356 e. The Morgan fingerprint density at radius 1 is 1.30 bits per heavy atom. The molecule has 0 radical (unpaired) electrons. The number of methoxy groups -OCH3 is 1. The van der Waals surface area contributed by atoms with Crippen LogP contribution in [0.4, 0.5) is 5.82 Å². The second kappa shape index (κ2) is 8.10. The first-order chi connectivity index (χ1) is 11.0. The molecule has 0 amide bonds. The molecular weight excluding hydrogens is 341 g/mol. The van der Waals surface area contributed by atoms with Gasteiger partial charge in [-0.25, -0.2) is 14.8 Å². The number of aromatic nitrogens is 2.